The first-order chi connectivity index (χ1) is 9.73. The first-order valence-electron chi connectivity index (χ1n) is 6.50. The van der Waals surface area contributed by atoms with Gasteiger partial charge in [-0.05, 0) is 31.0 Å². The predicted molar refractivity (Wildman–Crippen MR) is 78.7 cm³/mol. The van der Waals surface area contributed by atoms with Crippen molar-refractivity contribution in [1.82, 2.24) is 9.62 Å². The van der Waals surface area contributed by atoms with E-state index in [4.69, 9.17) is 5.73 Å². The summed E-state index contributed by atoms with van der Waals surface area (Å²) in [5, 5.41) is 2.35. The van der Waals surface area contributed by atoms with Crippen LogP contribution < -0.4 is 11.1 Å². The molecule has 0 spiro atoms. The standard InChI is InChI=1S/C13H20FN3O3S/c1-4-5-17(8-12(18)16-3)21(19,20)11-7-10(15)6-9(2)13(11)14/h6-7H,4-5,8,15H2,1-3H3,(H,16,18). The van der Waals surface area contributed by atoms with Gasteiger partial charge in [0.2, 0.25) is 15.9 Å². The maximum Gasteiger partial charge on any atom is 0.246 e. The van der Waals surface area contributed by atoms with Crippen LogP contribution in [0.25, 0.3) is 0 Å². The van der Waals surface area contributed by atoms with Crippen molar-refractivity contribution in [2.24, 2.45) is 0 Å². The molecule has 21 heavy (non-hydrogen) atoms. The number of amides is 1. The number of aryl methyl sites for hydroxylation is 1. The van der Waals surface area contributed by atoms with Gasteiger partial charge in [-0.3, -0.25) is 4.79 Å². The number of sulfonamides is 1. The number of benzene rings is 1. The van der Waals surface area contributed by atoms with Gasteiger partial charge in [-0.25, -0.2) is 12.8 Å². The highest BCUT2D eigenvalue weighted by Gasteiger charge is 2.29. The summed E-state index contributed by atoms with van der Waals surface area (Å²) >= 11 is 0. The van der Waals surface area contributed by atoms with E-state index in [-0.39, 0.29) is 24.3 Å². The Morgan fingerprint density at radius 3 is 2.57 bits per heavy atom. The molecule has 8 heteroatoms. The lowest BCUT2D eigenvalue weighted by molar-refractivity contribution is -0.120. The molecule has 0 saturated heterocycles. The normalized spacial score (nSPS) is 11.7. The van der Waals surface area contributed by atoms with Gasteiger partial charge in [0.25, 0.3) is 0 Å². The first kappa shape index (κ1) is 17.4. The molecule has 0 saturated carbocycles. The summed E-state index contributed by atoms with van der Waals surface area (Å²) in [5.74, 6) is -1.31. The number of hydrogen-bond acceptors (Lipinski definition) is 4. The van der Waals surface area contributed by atoms with Gasteiger partial charge in [0.15, 0.2) is 0 Å². The molecule has 0 heterocycles. The number of nitrogens with one attached hydrogen (secondary N) is 1. The highest BCUT2D eigenvalue weighted by atomic mass is 32.2. The number of carbonyl (C=O) groups excluding carboxylic acids is 1. The summed E-state index contributed by atoms with van der Waals surface area (Å²) in [6.07, 6.45) is 0.499. The Balaban J connectivity index is 3.32. The predicted octanol–water partition coefficient (Wildman–Crippen LogP) is 0.863. The molecule has 0 atom stereocenters. The molecular weight excluding hydrogens is 297 g/mol. The zero-order chi connectivity index (χ0) is 16.2. The number of likely N-dealkylation sites (N-methyl/N-ethyl adjacent to an activating group) is 1. The number of rotatable bonds is 6. The second-order valence-corrected chi connectivity index (χ2v) is 6.57. The van der Waals surface area contributed by atoms with E-state index in [0.29, 0.717) is 6.42 Å². The summed E-state index contributed by atoms with van der Waals surface area (Å²) in [7, 11) is -2.72. The van der Waals surface area contributed by atoms with Crippen LogP contribution in [0.15, 0.2) is 17.0 Å². The van der Waals surface area contributed by atoms with Crippen LogP contribution >= 0.6 is 0 Å². The largest absolute Gasteiger partial charge is 0.399 e. The molecule has 1 amide bonds. The van der Waals surface area contributed by atoms with Gasteiger partial charge < -0.3 is 11.1 Å². The van der Waals surface area contributed by atoms with Crippen molar-refractivity contribution in [1.29, 1.82) is 0 Å². The average Bonchev–Trinajstić information content (AvgIpc) is 2.41. The maximum absolute atomic E-state index is 14.1. The van der Waals surface area contributed by atoms with Gasteiger partial charge in [0, 0.05) is 19.3 Å². The number of carbonyl (C=O) groups is 1. The fourth-order valence-electron chi connectivity index (χ4n) is 1.86. The number of halogens is 1. The minimum atomic E-state index is -4.13. The lowest BCUT2D eigenvalue weighted by atomic mass is 10.2. The Hall–Kier alpha value is -1.67. The van der Waals surface area contributed by atoms with Gasteiger partial charge in [-0.2, -0.15) is 4.31 Å². The minimum absolute atomic E-state index is 0.114. The Morgan fingerprint density at radius 2 is 2.05 bits per heavy atom. The Bertz CT molecular complexity index is 632. The molecule has 1 aromatic rings. The Morgan fingerprint density at radius 1 is 1.43 bits per heavy atom. The van der Waals surface area contributed by atoms with Gasteiger partial charge in [-0.15, -0.1) is 0 Å². The zero-order valence-corrected chi connectivity index (χ0v) is 13.1. The van der Waals surface area contributed by atoms with Crippen LogP contribution in [0.5, 0.6) is 0 Å². The molecule has 1 aromatic carbocycles. The second kappa shape index (κ2) is 6.86. The smallest absolute Gasteiger partial charge is 0.246 e. The quantitative estimate of drug-likeness (QED) is 0.761. The molecular formula is C13H20FN3O3S. The van der Waals surface area contributed by atoms with E-state index in [2.05, 4.69) is 5.32 Å². The van der Waals surface area contributed by atoms with Crippen molar-refractivity contribution in [2.75, 3.05) is 25.9 Å². The average molecular weight is 317 g/mol. The summed E-state index contributed by atoms with van der Waals surface area (Å²) in [6, 6.07) is 2.43. The lowest BCUT2D eigenvalue weighted by Gasteiger charge is -2.21. The molecule has 0 aromatic heterocycles. The van der Waals surface area contributed by atoms with Crippen LogP contribution in [0, 0.1) is 12.7 Å². The molecule has 6 nitrogen and oxygen atoms in total. The molecule has 118 valence electrons. The second-order valence-electron chi connectivity index (χ2n) is 4.66. The summed E-state index contributed by atoms with van der Waals surface area (Å²) in [5.41, 5.74) is 5.90. The number of anilines is 1. The van der Waals surface area contributed by atoms with Gasteiger partial charge in [0.1, 0.15) is 10.7 Å². The molecule has 0 aliphatic heterocycles. The van der Waals surface area contributed by atoms with E-state index >= 15 is 0 Å². The highest BCUT2D eigenvalue weighted by Crippen LogP contribution is 2.24. The van der Waals surface area contributed by atoms with Crippen molar-refractivity contribution in [2.45, 2.75) is 25.2 Å². The van der Waals surface area contributed by atoms with Crippen LogP contribution in [-0.2, 0) is 14.8 Å². The topological polar surface area (TPSA) is 92.5 Å². The van der Waals surface area contributed by atoms with Crippen molar-refractivity contribution >= 4 is 21.6 Å². The van der Waals surface area contributed by atoms with Crippen molar-refractivity contribution in [3.63, 3.8) is 0 Å². The SMILES string of the molecule is CCCN(CC(=O)NC)S(=O)(=O)c1cc(N)cc(C)c1F. The third kappa shape index (κ3) is 3.92. The fraction of sp³-hybridized carbons (Fsp3) is 0.462. The monoisotopic (exact) mass is 317 g/mol. The van der Waals surface area contributed by atoms with Crippen LogP contribution in [0.3, 0.4) is 0 Å². The number of hydrogen-bond donors (Lipinski definition) is 2. The Labute approximate surface area is 124 Å². The van der Waals surface area contributed by atoms with Gasteiger partial charge in [0.05, 0.1) is 6.54 Å². The van der Waals surface area contributed by atoms with Crippen LogP contribution in [0.2, 0.25) is 0 Å². The molecule has 3 N–H and O–H groups in total. The number of nitrogen functional groups attached to an aromatic ring is 1. The third-order valence-electron chi connectivity index (χ3n) is 2.93. The van der Waals surface area contributed by atoms with Crippen LogP contribution in [-0.4, -0.2) is 38.8 Å². The van der Waals surface area contributed by atoms with Gasteiger partial charge >= 0.3 is 0 Å². The van der Waals surface area contributed by atoms with Gasteiger partial charge in [-0.1, -0.05) is 6.92 Å². The zero-order valence-electron chi connectivity index (χ0n) is 12.3. The molecule has 0 aliphatic rings. The molecule has 0 radical (unpaired) electrons. The number of nitrogens with zero attached hydrogens (tertiary/aromatic N) is 1. The van der Waals surface area contributed by atoms with Crippen LogP contribution in [0.1, 0.15) is 18.9 Å². The van der Waals surface area contributed by atoms with E-state index in [1.54, 1.807) is 6.92 Å². The van der Waals surface area contributed by atoms with Crippen LogP contribution in [0.4, 0.5) is 10.1 Å². The van der Waals surface area contributed by atoms with E-state index in [9.17, 15) is 17.6 Å². The van der Waals surface area contributed by atoms with E-state index < -0.39 is 26.6 Å². The summed E-state index contributed by atoms with van der Waals surface area (Å²) in [6.45, 7) is 2.96. The van der Waals surface area contributed by atoms with Crippen molar-refractivity contribution < 1.29 is 17.6 Å². The Kier molecular flexibility index (Phi) is 5.68. The van der Waals surface area contributed by atoms with E-state index in [1.807, 2.05) is 0 Å². The minimum Gasteiger partial charge on any atom is -0.399 e. The first-order valence-corrected chi connectivity index (χ1v) is 7.94. The fourth-order valence-corrected chi connectivity index (χ4v) is 3.52. The number of nitrogens with two attached hydrogens (primary N) is 1. The molecule has 1 rings (SSSR count). The molecule has 0 unspecified atom stereocenters. The summed E-state index contributed by atoms with van der Waals surface area (Å²) < 4.78 is 40.2. The van der Waals surface area contributed by atoms with Crippen molar-refractivity contribution in [3.8, 4) is 0 Å². The third-order valence-corrected chi connectivity index (χ3v) is 4.78. The highest BCUT2D eigenvalue weighted by molar-refractivity contribution is 7.89. The molecule has 0 fully saturated rings. The van der Waals surface area contributed by atoms with Crippen molar-refractivity contribution in [3.05, 3.63) is 23.5 Å². The maximum atomic E-state index is 14.1. The molecule has 0 bridgehead atoms. The summed E-state index contributed by atoms with van der Waals surface area (Å²) in [4.78, 5) is 11.0. The van der Waals surface area contributed by atoms with E-state index in [1.165, 1.54) is 20.0 Å². The van der Waals surface area contributed by atoms with E-state index in [0.717, 1.165) is 10.4 Å². The molecule has 0 aliphatic carbocycles. The lowest BCUT2D eigenvalue weighted by Crippen LogP contribution is -2.40.